The number of nitro benzene ring substituents is 1. The van der Waals surface area contributed by atoms with Crippen molar-refractivity contribution < 1.29 is 19.5 Å². The summed E-state index contributed by atoms with van der Waals surface area (Å²) in [7, 11) is 0. The summed E-state index contributed by atoms with van der Waals surface area (Å²) in [5.74, 6) is -1.14. The van der Waals surface area contributed by atoms with Gasteiger partial charge >= 0.3 is 5.69 Å². The molecule has 0 bridgehead atoms. The first kappa shape index (κ1) is 14.6. The number of halogens is 1. The summed E-state index contributed by atoms with van der Waals surface area (Å²) in [6.45, 7) is 1.66. The number of phenolic OH excluding ortho intramolecular Hbond substituents is 2. The highest BCUT2D eigenvalue weighted by Gasteiger charge is 2.18. The van der Waals surface area contributed by atoms with Crippen LogP contribution in [0.1, 0.15) is 18.5 Å². The molecule has 0 amide bonds. The van der Waals surface area contributed by atoms with E-state index in [1.807, 2.05) is 0 Å². The number of nitrogens with zero attached hydrogens (tertiary/aromatic N) is 1. The van der Waals surface area contributed by atoms with Crippen LogP contribution in [0.5, 0.6) is 11.5 Å². The van der Waals surface area contributed by atoms with E-state index >= 15 is 0 Å². The Bertz CT molecular complexity index is 670. The molecule has 0 radical (unpaired) electrons. The largest absolute Gasteiger partial charge is 0.507 e. The normalized spacial score (nSPS) is 11.9. The summed E-state index contributed by atoms with van der Waals surface area (Å²) in [5, 5.41) is 33.1. The Morgan fingerprint density at radius 2 is 1.86 bits per heavy atom. The first-order valence-corrected chi connectivity index (χ1v) is 6.11. The van der Waals surface area contributed by atoms with Gasteiger partial charge in [0.05, 0.1) is 16.5 Å². The van der Waals surface area contributed by atoms with Crippen molar-refractivity contribution in [1.29, 1.82) is 0 Å². The number of hydrogen-bond donors (Lipinski definition) is 3. The monoisotopic (exact) mass is 292 g/mol. The number of phenols is 2. The average molecular weight is 292 g/mol. The second-order valence-electron chi connectivity index (χ2n) is 4.50. The Morgan fingerprint density at radius 3 is 2.43 bits per heavy atom. The minimum Gasteiger partial charge on any atom is -0.507 e. The summed E-state index contributed by atoms with van der Waals surface area (Å²) in [6.07, 6.45) is 0. The van der Waals surface area contributed by atoms with Gasteiger partial charge < -0.3 is 15.5 Å². The van der Waals surface area contributed by atoms with E-state index in [0.717, 1.165) is 12.1 Å². The maximum Gasteiger partial charge on any atom is 0.306 e. The van der Waals surface area contributed by atoms with Gasteiger partial charge in [-0.05, 0) is 31.2 Å². The van der Waals surface area contributed by atoms with E-state index < -0.39 is 22.5 Å². The lowest BCUT2D eigenvalue weighted by Crippen LogP contribution is -2.07. The third-order valence-corrected chi connectivity index (χ3v) is 3.02. The second-order valence-corrected chi connectivity index (χ2v) is 4.50. The molecular weight excluding hydrogens is 279 g/mol. The fourth-order valence-corrected chi connectivity index (χ4v) is 2.05. The summed E-state index contributed by atoms with van der Waals surface area (Å²) in [5.41, 5.74) is -0.0866. The molecule has 7 heteroatoms. The Hall–Kier alpha value is -2.83. The Balaban J connectivity index is 2.30. The lowest BCUT2D eigenvalue weighted by Gasteiger charge is -2.18. The predicted molar refractivity (Wildman–Crippen MR) is 74.9 cm³/mol. The number of nitrogens with one attached hydrogen (secondary N) is 1. The molecule has 1 unspecified atom stereocenters. The standard InChI is InChI=1S/C14H13FN2O4/c1-8(14-12(18)3-2-4-13(14)19)16-9-5-6-10(15)11(7-9)17(20)21/h2-8,16,18-19H,1H3. The van der Waals surface area contributed by atoms with Crippen molar-refractivity contribution in [3.63, 3.8) is 0 Å². The minimum absolute atomic E-state index is 0.105. The van der Waals surface area contributed by atoms with Gasteiger partial charge in [0.1, 0.15) is 11.5 Å². The van der Waals surface area contributed by atoms with Gasteiger partial charge in [-0.25, -0.2) is 0 Å². The molecule has 0 spiro atoms. The van der Waals surface area contributed by atoms with Crippen LogP contribution in [0.25, 0.3) is 0 Å². The molecule has 2 rings (SSSR count). The molecule has 0 saturated heterocycles. The molecule has 0 aliphatic heterocycles. The molecule has 6 nitrogen and oxygen atoms in total. The van der Waals surface area contributed by atoms with E-state index in [9.17, 15) is 24.7 Å². The van der Waals surface area contributed by atoms with Gasteiger partial charge in [0.15, 0.2) is 0 Å². The molecule has 1 atom stereocenters. The topological polar surface area (TPSA) is 95.6 Å². The number of hydrogen-bond acceptors (Lipinski definition) is 5. The number of benzene rings is 2. The smallest absolute Gasteiger partial charge is 0.306 e. The van der Waals surface area contributed by atoms with Crippen molar-refractivity contribution in [2.24, 2.45) is 0 Å². The SMILES string of the molecule is CC(Nc1ccc(F)c([N+](=O)[O-])c1)c1c(O)cccc1O. The molecule has 0 fully saturated rings. The Morgan fingerprint density at radius 1 is 1.24 bits per heavy atom. The molecule has 0 saturated carbocycles. The van der Waals surface area contributed by atoms with Crippen LogP contribution in [0.2, 0.25) is 0 Å². The third-order valence-electron chi connectivity index (χ3n) is 3.02. The maximum absolute atomic E-state index is 13.3. The fraction of sp³-hybridized carbons (Fsp3) is 0.143. The lowest BCUT2D eigenvalue weighted by atomic mass is 10.1. The van der Waals surface area contributed by atoms with Crippen LogP contribution >= 0.6 is 0 Å². The first-order valence-electron chi connectivity index (χ1n) is 6.11. The average Bonchev–Trinajstić information content (AvgIpc) is 2.40. The van der Waals surface area contributed by atoms with Crippen LogP contribution in [0.15, 0.2) is 36.4 Å². The van der Waals surface area contributed by atoms with Crippen LogP contribution in [-0.2, 0) is 0 Å². The molecule has 110 valence electrons. The summed E-state index contributed by atoms with van der Waals surface area (Å²) in [6, 6.07) is 7.18. The van der Waals surface area contributed by atoms with Crippen LogP contribution in [0.3, 0.4) is 0 Å². The van der Waals surface area contributed by atoms with Crippen LogP contribution in [0, 0.1) is 15.9 Å². The number of nitro groups is 1. The van der Waals surface area contributed by atoms with Crippen molar-refractivity contribution >= 4 is 11.4 Å². The summed E-state index contributed by atoms with van der Waals surface area (Å²) in [4.78, 5) is 9.88. The van der Waals surface area contributed by atoms with Gasteiger partial charge in [-0.1, -0.05) is 6.07 Å². The van der Waals surface area contributed by atoms with E-state index in [1.165, 1.54) is 24.3 Å². The number of rotatable bonds is 4. The Labute approximate surface area is 119 Å². The zero-order valence-electron chi connectivity index (χ0n) is 11.1. The zero-order chi connectivity index (χ0) is 15.6. The molecule has 0 heterocycles. The predicted octanol–water partition coefficient (Wildman–Crippen LogP) is 3.32. The lowest BCUT2D eigenvalue weighted by molar-refractivity contribution is -0.387. The van der Waals surface area contributed by atoms with Gasteiger partial charge in [-0.15, -0.1) is 0 Å². The van der Waals surface area contributed by atoms with E-state index in [2.05, 4.69) is 5.32 Å². The van der Waals surface area contributed by atoms with E-state index in [0.29, 0.717) is 5.69 Å². The summed E-state index contributed by atoms with van der Waals surface area (Å²) < 4.78 is 13.3. The number of anilines is 1. The highest BCUT2D eigenvalue weighted by atomic mass is 19.1. The molecule has 0 aromatic heterocycles. The van der Waals surface area contributed by atoms with Crippen LogP contribution < -0.4 is 5.32 Å². The van der Waals surface area contributed by atoms with E-state index in [-0.39, 0.29) is 17.1 Å². The van der Waals surface area contributed by atoms with Gasteiger partial charge in [-0.3, -0.25) is 10.1 Å². The minimum atomic E-state index is -0.927. The maximum atomic E-state index is 13.3. The molecule has 2 aromatic rings. The van der Waals surface area contributed by atoms with E-state index in [4.69, 9.17) is 0 Å². The quantitative estimate of drug-likeness (QED) is 0.593. The van der Waals surface area contributed by atoms with Crippen LogP contribution in [0.4, 0.5) is 15.8 Å². The van der Waals surface area contributed by atoms with Crippen molar-refractivity contribution in [2.45, 2.75) is 13.0 Å². The van der Waals surface area contributed by atoms with Crippen molar-refractivity contribution in [1.82, 2.24) is 0 Å². The zero-order valence-corrected chi connectivity index (χ0v) is 11.1. The second kappa shape index (κ2) is 5.66. The molecule has 0 aliphatic rings. The summed E-state index contributed by atoms with van der Waals surface area (Å²) >= 11 is 0. The highest BCUT2D eigenvalue weighted by molar-refractivity contribution is 5.55. The molecular formula is C14H13FN2O4. The van der Waals surface area contributed by atoms with E-state index in [1.54, 1.807) is 6.92 Å². The first-order chi connectivity index (χ1) is 9.90. The van der Waals surface area contributed by atoms with Crippen molar-refractivity contribution in [2.75, 3.05) is 5.32 Å². The highest BCUT2D eigenvalue weighted by Crippen LogP contribution is 2.34. The van der Waals surface area contributed by atoms with Crippen LogP contribution in [-0.4, -0.2) is 15.1 Å². The van der Waals surface area contributed by atoms with Crippen molar-refractivity contribution in [3.8, 4) is 11.5 Å². The molecule has 0 aliphatic carbocycles. The third kappa shape index (κ3) is 3.02. The van der Waals surface area contributed by atoms with Gasteiger partial charge in [0.2, 0.25) is 5.82 Å². The van der Waals surface area contributed by atoms with Gasteiger partial charge in [-0.2, -0.15) is 4.39 Å². The van der Waals surface area contributed by atoms with Gasteiger partial charge in [0.25, 0.3) is 0 Å². The fourth-order valence-electron chi connectivity index (χ4n) is 2.05. The number of aromatic hydroxyl groups is 2. The molecule has 3 N–H and O–H groups in total. The Kier molecular flexibility index (Phi) is 3.93. The van der Waals surface area contributed by atoms with Crippen molar-refractivity contribution in [3.05, 3.63) is 57.9 Å². The molecule has 21 heavy (non-hydrogen) atoms. The van der Waals surface area contributed by atoms with Gasteiger partial charge in [0, 0.05) is 11.8 Å². The molecule has 2 aromatic carbocycles.